The van der Waals surface area contributed by atoms with E-state index in [9.17, 15) is 14.8 Å². The number of aliphatic hydroxyl groups excluding tert-OH is 2. The van der Waals surface area contributed by atoms with Crippen molar-refractivity contribution in [2.75, 3.05) is 0 Å². The minimum Gasteiger partial charge on any atom is -0.390 e. The maximum absolute atomic E-state index is 10.5. The van der Waals surface area contributed by atoms with Gasteiger partial charge in [0.05, 0.1) is 32.2 Å². The normalized spacial score (nSPS) is 39.3. The molecule has 0 spiro atoms. The second-order valence-corrected chi connectivity index (χ2v) is 4.69. The molecule has 7 nitrogen and oxygen atoms in total. The fraction of sp³-hybridized carbons (Fsp3) is 1.00. The quantitative estimate of drug-likeness (QED) is 0.276. The smallest absolute Gasteiger partial charge is 0.390 e. The Kier molecular flexibility index (Phi) is 3.94. The van der Waals surface area contributed by atoms with E-state index in [2.05, 4.69) is 9.84 Å². The Hall–Kier alpha value is 0.0549. The summed E-state index contributed by atoms with van der Waals surface area (Å²) in [7, 11) is 0.776. The van der Waals surface area contributed by atoms with Crippen LogP contribution in [0.2, 0.25) is 0 Å². The maximum atomic E-state index is 10.5. The Morgan fingerprint density at radius 1 is 1.40 bits per heavy atom. The van der Waals surface area contributed by atoms with Crippen LogP contribution in [0, 0.1) is 0 Å². The third-order valence-electron chi connectivity index (χ3n) is 2.28. The van der Waals surface area contributed by atoms with Crippen molar-refractivity contribution in [3.05, 3.63) is 0 Å². The molecular weight excluding hydrogens is 224 g/mol. The molecule has 5 atom stereocenters. The summed E-state index contributed by atoms with van der Waals surface area (Å²) in [6.45, 7) is 1.37. The van der Waals surface area contributed by atoms with E-state index in [1.54, 1.807) is 0 Å². The molecule has 0 saturated carbocycles. The Morgan fingerprint density at radius 3 is 2.27 bits per heavy atom. The van der Waals surface area contributed by atoms with Crippen LogP contribution in [0.5, 0.6) is 0 Å². The van der Waals surface area contributed by atoms with Gasteiger partial charge in [-0.15, -0.1) is 0 Å². The van der Waals surface area contributed by atoms with E-state index in [0.29, 0.717) is 0 Å². The molecule has 0 bridgehead atoms. The van der Waals surface area contributed by atoms with E-state index in [1.807, 2.05) is 0 Å². The first-order valence-corrected chi connectivity index (χ1v) is 5.87. The first kappa shape index (κ1) is 13.1. The SMILES string of the molecule is [B][C@@H]1N[C@H](C(C)OP(=O)(O)O)[C@@H](O)[C@H]1O. The molecule has 1 aliphatic heterocycles. The molecule has 15 heavy (non-hydrogen) atoms. The predicted octanol–water partition coefficient (Wildman–Crippen LogP) is -2.33. The van der Waals surface area contributed by atoms with E-state index in [1.165, 1.54) is 6.92 Å². The molecule has 1 saturated heterocycles. The minimum absolute atomic E-state index is 0.817. The Morgan fingerprint density at radius 2 is 1.93 bits per heavy atom. The second kappa shape index (κ2) is 4.51. The van der Waals surface area contributed by atoms with Gasteiger partial charge in [0.25, 0.3) is 0 Å². The summed E-state index contributed by atoms with van der Waals surface area (Å²) < 4.78 is 14.9. The molecule has 1 heterocycles. The summed E-state index contributed by atoms with van der Waals surface area (Å²) in [5.74, 6) is -0.840. The molecular formula is C6H13BNO6P. The van der Waals surface area contributed by atoms with Crippen molar-refractivity contribution in [1.29, 1.82) is 0 Å². The van der Waals surface area contributed by atoms with Crippen molar-refractivity contribution in [3.63, 3.8) is 0 Å². The zero-order valence-corrected chi connectivity index (χ0v) is 8.91. The maximum Gasteiger partial charge on any atom is 0.469 e. The fourth-order valence-corrected chi connectivity index (χ4v) is 2.10. The molecule has 5 N–H and O–H groups in total. The van der Waals surface area contributed by atoms with Crippen LogP contribution < -0.4 is 5.32 Å². The number of rotatable bonds is 3. The van der Waals surface area contributed by atoms with Gasteiger partial charge >= 0.3 is 7.82 Å². The van der Waals surface area contributed by atoms with Gasteiger partial charge in [-0.2, -0.15) is 0 Å². The Balaban J connectivity index is 2.62. The largest absolute Gasteiger partial charge is 0.469 e. The van der Waals surface area contributed by atoms with E-state index >= 15 is 0 Å². The number of phosphoric acid groups is 1. The van der Waals surface area contributed by atoms with Crippen LogP contribution in [-0.4, -0.2) is 58.1 Å². The summed E-state index contributed by atoms with van der Waals surface area (Å²) in [6.07, 6.45) is -3.37. The minimum atomic E-state index is -4.61. The monoisotopic (exact) mass is 237 g/mol. The third-order valence-corrected chi connectivity index (χ3v) is 2.89. The van der Waals surface area contributed by atoms with Crippen molar-refractivity contribution in [2.24, 2.45) is 0 Å². The molecule has 0 aliphatic carbocycles. The first-order valence-electron chi connectivity index (χ1n) is 4.34. The molecule has 1 fully saturated rings. The van der Waals surface area contributed by atoms with E-state index < -0.39 is 38.1 Å². The fourth-order valence-electron chi connectivity index (χ4n) is 1.54. The Bertz CT molecular complexity index is 272. The van der Waals surface area contributed by atoms with Crippen molar-refractivity contribution in [1.82, 2.24) is 5.32 Å². The van der Waals surface area contributed by atoms with Crippen LogP contribution in [0.25, 0.3) is 0 Å². The molecule has 0 amide bonds. The third kappa shape index (κ3) is 3.25. The van der Waals surface area contributed by atoms with Crippen LogP contribution in [0.4, 0.5) is 0 Å². The molecule has 86 valence electrons. The molecule has 0 aromatic rings. The number of aliphatic hydroxyl groups is 2. The number of phosphoric ester groups is 1. The number of nitrogens with one attached hydrogen (secondary N) is 1. The Labute approximate surface area is 88.1 Å². The highest BCUT2D eigenvalue weighted by atomic mass is 31.2. The summed E-state index contributed by atoms with van der Waals surface area (Å²) in [5, 5.41) is 21.4. The predicted molar refractivity (Wildman–Crippen MR) is 51.1 cm³/mol. The molecule has 1 aliphatic rings. The zero-order chi connectivity index (χ0) is 11.8. The summed E-state index contributed by atoms with van der Waals surface area (Å²) in [5.41, 5.74) is 0. The summed E-state index contributed by atoms with van der Waals surface area (Å²) in [6, 6.07) is -0.817. The lowest BCUT2D eigenvalue weighted by molar-refractivity contribution is 0.00895. The molecule has 1 unspecified atom stereocenters. The van der Waals surface area contributed by atoms with Gasteiger partial charge in [-0.3, -0.25) is 4.52 Å². The van der Waals surface area contributed by atoms with Crippen molar-refractivity contribution < 1.29 is 29.1 Å². The van der Waals surface area contributed by atoms with Gasteiger partial charge in [-0.05, 0) is 12.9 Å². The van der Waals surface area contributed by atoms with Crippen molar-refractivity contribution >= 4 is 15.7 Å². The van der Waals surface area contributed by atoms with Gasteiger partial charge in [0.15, 0.2) is 0 Å². The van der Waals surface area contributed by atoms with Crippen molar-refractivity contribution in [3.8, 4) is 0 Å². The molecule has 1 rings (SSSR count). The zero-order valence-electron chi connectivity index (χ0n) is 8.02. The highest BCUT2D eigenvalue weighted by Crippen LogP contribution is 2.39. The second-order valence-electron chi connectivity index (χ2n) is 3.50. The van der Waals surface area contributed by atoms with E-state index in [4.69, 9.17) is 17.6 Å². The molecule has 0 aromatic carbocycles. The van der Waals surface area contributed by atoms with Crippen LogP contribution in [-0.2, 0) is 9.09 Å². The number of hydrogen-bond acceptors (Lipinski definition) is 5. The lowest BCUT2D eigenvalue weighted by Gasteiger charge is -2.23. The van der Waals surface area contributed by atoms with Gasteiger partial charge < -0.3 is 25.3 Å². The number of hydrogen-bond donors (Lipinski definition) is 5. The average Bonchev–Trinajstić information content (AvgIpc) is 2.30. The van der Waals surface area contributed by atoms with Gasteiger partial charge in [-0.25, -0.2) is 4.57 Å². The van der Waals surface area contributed by atoms with Crippen LogP contribution >= 0.6 is 7.82 Å². The molecule has 9 heteroatoms. The van der Waals surface area contributed by atoms with Crippen molar-refractivity contribution in [2.45, 2.75) is 37.2 Å². The van der Waals surface area contributed by atoms with Crippen LogP contribution in [0.15, 0.2) is 0 Å². The van der Waals surface area contributed by atoms with Crippen LogP contribution in [0.1, 0.15) is 6.92 Å². The first-order chi connectivity index (χ1) is 6.72. The summed E-state index contributed by atoms with van der Waals surface area (Å²) in [4.78, 5) is 17.1. The standard InChI is InChI=1S/C6H13BNO6P/c1-2(14-15(11,12)13)3-4(9)5(10)6(7)8-3/h2-6,8-10H,1H3,(H2,11,12,13)/t2?,3-,4-,5-,6-/m1/s1. The summed E-state index contributed by atoms with van der Waals surface area (Å²) >= 11 is 0. The van der Waals surface area contributed by atoms with Gasteiger partial charge in [0.2, 0.25) is 0 Å². The van der Waals surface area contributed by atoms with Gasteiger partial charge in [-0.1, -0.05) is 0 Å². The highest BCUT2D eigenvalue weighted by molar-refractivity contribution is 7.46. The van der Waals surface area contributed by atoms with E-state index in [0.717, 1.165) is 0 Å². The van der Waals surface area contributed by atoms with Gasteiger partial charge in [0, 0.05) is 0 Å². The molecule has 0 aromatic heterocycles. The highest BCUT2D eigenvalue weighted by Gasteiger charge is 2.42. The lowest BCUT2D eigenvalue weighted by Crippen LogP contribution is -2.43. The average molecular weight is 237 g/mol. The van der Waals surface area contributed by atoms with Gasteiger partial charge in [0.1, 0.15) is 0 Å². The molecule has 2 radical (unpaired) electrons. The van der Waals surface area contributed by atoms with Crippen LogP contribution in [0.3, 0.4) is 0 Å². The lowest BCUT2D eigenvalue weighted by atomic mass is 9.91. The topological polar surface area (TPSA) is 119 Å². The van der Waals surface area contributed by atoms with E-state index in [-0.39, 0.29) is 0 Å².